The first-order valence-electron chi connectivity index (χ1n) is 5.84. The van der Waals surface area contributed by atoms with Gasteiger partial charge >= 0.3 is 0 Å². The molecular weight excluding hydrogens is 266 g/mol. The second-order valence-electron chi connectivity index (χ2n) is 5.66. The van der Waals surface area contributed by atoms with Gasteiger partial charge in [-0.05, 0) is 22.7 Å². The Balaban J connectivity index is 3.31. The Kier molecular flexibility index (Phi) is 4.37. The number of hydrogen-bond acceptors (Lipinski definition) is 3. The maximum atomic E-state index is 11.4. The van der Waals surface area contributed by atoms with Crippen LogP contribution in [0.15, 0.2) is 23.1 Å². The highest BCUT2D eigenvalue weighted by molar-refractivity contribution is 7.89. The first kappa shape index (κ1) is 15.4. The number of aliphatic hydroxyl groups excluding tert-OH is 1. The van der Waals surface area contributed by atoms with E-state index in [0.29, 0.717) is 11.1 Å². The van der Waals surface area contributed by atoms with E-state index in [1.165, 1.54) is 6.07 Å². The van der Waals surface area contributed by atoms with Gasteiger partial charge in [0.05, 0.1) is 19.6 Å². The minimum atomic E-state index is -3.77. The smallest absolute Gasteiger partial charge is 0.238 e. The van der Waals surface area contributed by atoms with Gasteiger partial charge in [-0.15, -0.1) is 0 Å². The average molecular weight is 287 g/mol. The van der Waals surface area contributed by atoms with Crippen molar-refractivity contribution in [3.05, 3.63) is 29.3 Å². The Hall–Kier alpha value is -0.693. The molecule has 0 amide bonds. The quantitative estimate of drug-likeness (QED) is 0.829. The lowest BCUT2D eigenvalue weighted by Crippen LogP contribution is -2.29. The number of primary sulfonamides is 1. The van der Waals surface area contributed by atoms with Crippen LogP contribution in [-0.4, -0.2) is 21.6 Å². The van der Waals surface area contributed by atoms with Crippen LogP contribution in [-0.2, 0) is 16.6 Å². The fourth-order valence-corrected chi connectivity index (χ4v) is 3.70. The average Bonchev–Trinajstić information content (AvgIpc) is 2.24. The van der Waals surface area contributed by atoms with E-state index in [4.69, 9.17) is 5.14 Å². The molecule has 0 heterocycles. The number of benzene rings is 1. The maximum absolute atomic E-state index is 11.4. The standard InChI is InChI=1S/C12H21NO3SSi/c1-9(18(2,3)4)10-5-6-12(17(13,15)16)11(7-10)8-14/h5-7,9,14H,8H2,1-4H3,(H2,13,15,16). The molecule has 0 bridgehead atoms. The lowest BCUT2D eigenvalue weighted by molar-refractivity contribution is 0.278. The van der Waals surface area contributed by atoms with Gasteiger partial charge in [0.2, 0.25) is 10.0 Å². The van der Waals surface area contributed by atoms with Crippen molar-refractivity contribution in [1.29, 1.82) is 0 Å². The molecule has 0 aliphatic carbocycles. The van der Waals surface area contributed by atoms with Gasteiger partial charge in [0.1, 0.15) is 0 Å². The third-order valence-electron chi connectivity index (χ3n) is 3.36. The molecule has 3 N–H and O–H groups in total. The summed E-state index contributed by atoms with van der Waals surface area (Å²) in [5.74, 6) is 0. The molecule has 1 unspecified atom stereocenters. The van der Waals surface area contributed by atoms with Crippen molar-refractivity contribution in [3.63, 3.8) is 0 Å². The molecule has 102 valence electrons. The number of rotatable bonds is 4. The van der Waals surface area contributed by atoms with Crippen LogP contribution in [0.25, 0.3) is 0 Å². The zero-order chi connectivity index (χ0) is 14.1. The lowest BCUT2D eigenvalue weighted by atomic mass is 10.1. The molecule has 0 aromatic heterocycles. The van der Waals surface area contributed by atoms with Gasteiger partial charge in [-0.25, -0.2) is 13.6 Å². The molecule has 6 heteroatoms. The van der Waals surface area contributed by atoms with E-state index < -0.39 is 18.1 Å². The van der Waals surface area contributed by atoms with Gasteiger partial charge in [-0.1, -0.05) is 38.7 Å². The number of aliphatic hydroxyl groups is 1. The Bertz CT molecular complexity index is 535. The lowest BCUT2D eigenvalue weighted by Gasteiger charge is -2.26. The van der Waals surface area contributed by atoms with E-state index >= 15 is 0 Å². The van der Waals surface area contributed by atoms with Crippen LogP contribution in [0.5, 0.6) is 0 Å². The normalized spacial score (nSPS) is 14.6. The molecule has 0 fully saturated rings. The summed E-state index contributed by atoms with van der Waals surface area (Å²) in [6, 6.07) is 5.04. The second kappa shape index (κ2) is 5.12. The van der Waals surface area contributed by atoms with Crippen molar-refractivity contribution in [2.75, 3.05) is 0 Å². The van der Waals surface area contributed by atoms with Gasteiger partial charge in [0, 0.05) is 0 Å². The molecule has 0 spiro atoms. The van der Waals surface area contributed by atoms with E-state index in [1.807, 2.05) is 0 Å². The Morgan fingerprint density at radius 3 is 2.28 bits per heavy atom. The molecular formula is C12H21NO3SSi. The largest absolute Gasteiger partial charge is 0.392 e. The third-order valence-corrected chi connectivity index (χ3v) is 7.30. The molecule has 4 nitrogen and oxygen atoms in total. The van der Waals surface area contributed by atoms with Gasteiger partial charge < -0.3 is 5.11 Å². The van der Waals surface area contributed by atoms with E-state index in [-0.39, 0.29) is 11.5 Å². The summed E-state index contributed by atoms with van der Waals surface area (Å²) in [5.41, 5.74) is 1.82. The number of sulfonamides is 1. The maximum Gasteiger partial charge on any atom is 0.238 e. The highest BCUT2D eigenvalue weighted by Gasteiger charge is 2.25. The van der Waals surface area contributed by atoms with Crippen molar-refractivity contribution in [2.45, 2.75) is 43.6 Å². The summed E-state index contributed by atoms with van der Waals surface area (Å²) in [7, 11) is -5.13. The van der Waals surface area contributed by atoms with Crippen LogP contribution in [0, 0.1) is 0 Å². The third kappa shape index (κ3) is 3.41. The summed E-state index contributed by atoms with van der Waals surface area (Å²) in [4.78, 5) is 0.0107. The molecule has 0 aliphatic heterocycles. The van der Waals surface area contributed by atoms with Gasteiger partial charge in [0.25, 0.3) is 0 Å². The first-order chi connectivity index (χ1) is 8.07. The highest BCUT2D eigenvalue weighted by atomic mass is 32.2. The number of hydrogen-bond donors (Lipinski definition) is 2. The van der Waals surface area contributed by atoms with Crippen LogP contribution in [0.3, 0.4) is 0 Å². The summed E-state index contributed by atoms with van der Waals surface area (Å²) >= 11 is 0. The van der Waals surface area contributed by atoms with Crippen molar-refractivity contribution in [3.8, 4) is 0 Å². The van der Waals surface area contributed by atoms with Crippen molar-refractivity contribution >= 4 is 18.1 Å². The molecule has 0 radical (unpaired) electrons. The van der Waals surface area contributed by atoms with Crippen LogP contribution in [0.2, 0.25) is 19.6 Å². The van der Waals surface area contributed by atoms with E-state index in [9.17, 15) is 13.5 Å². The summed E-state index contributed by atoms with van der Waals surface area (Å²) in [6.45, 7) is 8.58. The first-order valence-corrected chi connectivity index (χ1v) is 11.0. The molecule has 1 aromatic rings. The zero-order valence-corrected chi connectivity index (χ0v) is 13.1. The summed E-state index contributed by atoms with van der Waals surface area (Å²) in [5, 5.41) is 14.4. The molecule has 0 saturated heterocycles. The molecule has 0 aliphatic rings. The molecule has 0 saturated carbocycles. The Morgan fingerprint density at radius 2 is 1.89 bits per heavy atom. The Morgan fingerprint density at radius 1 is 1.33 bits per heavy atom. The minimum Gasteiger partial charge on any atom is -0.392 e. The summed E-state index contributed by atoms with van der Waals surface area (Å²) in [6.07, 6.45) is 0. The van der Waals surface area contributed by atoms with Gasteiger partial charge in [0.15, 0.2) is 0 Å². The van der Waals surface area contributed by atoms with Crippen molar-refractivity contribution in [1.82, 2.24) is 0 Å². The molecule has 18 heavy (non-hydrogen) atoms. The topological polar surface area (TPSA) is 80.4 Å². The van der Waals surface area contributed by atoms with Gasteiger partial charge in [-0.2, -0.15) is 0 Å². The summed E-state index contributed by atoms with van der Waals surface area (Å²) < 4.78 is 22.7. The van der Waals surface area contributed by atoms with Crippen LogP contribution >= 0.6 is 0 Å². The van der Waals surface area contributed by atoms with Crippen LogP contribution in [0.4, 0.5) is 0 Å². The second-order valence-corrected chi connectivity index (χ2v) is 12.8. The van der Waals surface area contributed by atoms with Crippen LogP contribution in [0.1, 0.15) is 23.6 Å². The predicted octanol–water partition coefficient (Wildman–Crippen LogP) is 1.81. The molecule has 1 aromatic carbocycles. The monoisotopic (exact) mass is 287 g/mol. The van der Waals surface area contributed by atoms with E-state index in [2.05, 4.69) is 26.6 Å². The predicted molar refractivity (Wildman–Crippen MR) is 75.5 cm³/mol. The highest BCUT2D eigenvalue weighted by Crippen LogP contribution is 2.28. The fraction of sp³-hybridized carbons (Fsp3) is 0.500. The fourth-order valence-electron chi connectivity index (χ4n) is 1.77. The van der Waals surface area contributed by atoms with Gasteiger partial charge in [-0.3, -0.25) is 0 Å². The van der Waals surface area contributed by atoms with Crippen LogP contribution < -0.4 is 5.14 Å². The SMILES string of the molecule is CC(c1ccc(S(N)(=O)=O)c(CO)c1)[Si](C)(C)C. The Labute approximate surface area is 110 Å². The molecule has 1 rings (SSSR count). The minimum absolute atomic E-state index is 0.0107. The van der Waals surface area contributed by atoms with Crippen molar-refractivity contribution in [2.24, 2.45) is 5.14 Å². The zero-order valence-electron chi connectivity index (χ0n) is 11.3. The molecule has 1 atom stereocenters. The number of nitrogens with two attached hydrogens (primary N) is 1. The van der Waals surface area contributed by atoms with E-state index in [0.717, 1.165) is 5.56 Å². The van der Waals surface area contributed by atoms with Crippen molar-refractivity contribution < 1.29 is 13.5 Å². The van der Waals surface area contributed by atoms with E-state index in [1.54, 1.807) is 12.1 Å².